The van der Waals surface area contributed by atoms with E-state index in [9.17, 15) is 9.59 Å². The highest BCUT2D eigenvalue weighted by Gasteiger charge is 2.31. The van der Waals surface area contributed by atoms with Crippen LogP contribution in [0.1, 0.15) is 63.6 Å². The van der Waals surface area contributed by atoms with Crippen molar-refractivity contribution in [2.45, 2.75) is 58.0 Å². The van der Waals surface area contributed by atoms with E-state index in [1.54, 1.807) is 63.0 Å². The molecule has 1 amide bonds. The molecule has 9 heteroatoms. The van der Waals surface area contributed by atoms with Crippen molar-refractivity contribution in [1.82, 2.24) is 19.6 Å². The quantitative estimate of drug-likeness (QED) is 0.576. The smallest absolute Gasteiger partial charge is 0.437 e. The van der Waals surface area contributed by atoms with Crippen molar-refractivity contribution in [3.05, 3.63) is 59.0 Å². The van der Waals surface area contributed by atoms with Gasteiger partial charge < -0.3 is 10.1 Å². The summed E-state index contributed by atoms with van der Waals surface area (Å²) in [5, 5.41) is 12.2. The third-order valence-corrected chi connectivity index (χ3v) is 5.35. The maximum atomic E-state index is 13.0. The van der Waals surface area contributed by atoms with Crippen LogP contribution in [0.4, 0.5) is 10.6 Å². The summed E-state index contributed by atoms with van der Waals surface area (Å²) in [5.41, 5.74) is 1.64. The van der Waals surface area contributed by atoms with Gasteiger partial charge in [0.2, 0.25) is 5.91 Å². The molecule has 8 nitrogen and oxygen atoms in total. The van der Waals surface area contributed by atoms with Crippen LogP contribution in [0.25, 0.3) is 5.69 Å². The first-order chi connectivity index (χ1) is 15.1. The van der Waals surface area contributed by atoms with Gasteiger partial charge in [0.05, 0.1) is 23.5 Å². The first kappa shape index (κ1) is 22.1. The normalized spacial score (nSPS) is 14.8. The molecule has 1 saturated carbocycles. The number of hydrogen-bond donors (Lipinski definition) is 1. The van der Waals surface area contributed by atoms with E-state index in [-0.39, 0.29) is 5.91 Å². The molecular formula is C23H26ClN5O3. The Bertz CT molecular complexity index is 1160. The molecule has 0 radical (unpaired) electrons. The summed E-state index contributed by atoms with van der Waals surface area (Å²) in [6.45, 7) is 7.14. The van der Waals surface area contributed by atoms with Crippen molar-refractivity contribution in [2.24, 2.45) is 0 Å². The standard InChI is InChI=1S/C23H26ClN5O3/c1-14(16-12-25-28(13-16)18-7-5-6-17(24)10-18)21(30)26-20-11-19(15-8-9-15)27-29(20)22(31)32-23(2,3)4/h5-7,10-15H,8-9H2,1-4H3,(H,26,30). The van der Waals surface area contributed by atoms with E-state index >= 15 is 0 Å². The van der Waals surface area contributed by atoms with Gasteiger partial charge in [-0.2, -0.15) is 10.2 Å². The van der Waals surface area contributed by atoms with Crippen molar-refractivity contribution >= 4 is 29.4 Å². The van der Waals surface area contributed by atoms with Crippen molar-refractivity contribution < 1.29 is 14.3 Å². The molecule has 0 aliphatic heterocycles. The van der Waals surface area contributed by atoms with Crippen LogP contribution in [0.15, 0.2) is 42.7 Å². The van der Waals surface area contributed by atoms with E-state index in [0.717, 1.165) is 34.5 Å². The summed E-state index contributed by atoms with van der Waals surface area (Å²) >= 11 is 6.06. The minimum absolute atomic E-state index is 0.275. The van der Waals surface area contributed by atoms with E-state index in [2.05, 4.69) is 15.5 Å². The summed E-state index contributed by atoms with van der Waals surface area (Å²) in [4.78, 5) is 25.7. The van der Waals surface area contributed by atoms with Crippen LogP contribution in [-0.4, -0.2) is 37.2 Å². The summed E-state index contributed by atoms with van der Waals surface area (Å²) in [5.74, 6) is -0.153. The van der Waals surface area contributed by atoms with Crippen LogP contribution in [0, 0.1) is 0 Å². The fraction of sp³-hybridized carbons (Fsp3) is 0.391. The number of aromatic nitrogens is 4. The van der Waals surface area contributed by atoms with Crippen LogP contribution >= 0.6 is 11.6 Å². The molecule has 1 unspecified atom stereocenters. The molecule has 2 heterocycles. The van der Waals surface area contributed by atoms with Crippen LogP contribution < -0.4 is 5.32 Å². The lowest BCUT2D eigenvalue weighted by Gasteiger charge is -2.20. The zero-order chi connectivity index (χ0) is 23.0. The van der Waals surface area contributed by atoms with Gasteiger partial charge in [-0.1, -0.05) is 17.7 Å². The topological polar surface area (TPSA) is 91.0 Å². The lowest BCUT2D eigenvalue weighted by atomic mass is 10.0. The van der Waals surface area contributed by atoms with Crippen molar-refractivity contribution in [1.29, 1.82) is 0 Å². The average molecular weight is 456 g/mol. The number of anilines is 1. The van der Waals surface area contributed by atoms with Crippen molar-refractivity contribution in [2.75, 3.05) is 5.32 Å². The summed E-state index contributed by atoms with van der Waals surface area (Å²) < 4.78 is 8.26. The van der Waals surface area contributed by atoms with Crippen LogP contribution in [0.3, 0.4) is 0 Å². The molecular weight excluding hydrogens is 430 g/mol. The number of halogens is 1. The van der Waals surface area contributed by atoms with Crippen molar-refractivity contribution in [3.8, 4) is 5.69 Å². The fourth-order valence-electron chi connectivity index (χ4n) is 3.22. The molecule has 1 fully saturated rings. The summed E-state index contributed by atoms with van der Waals surface area (Å²) in [6, 6.07) is 9.05. The van der Waals surface area contributed by atoms with E-state index in [4.69, 9.17) is 16.3 Å². The molecule has 1 N–H and O–H groups in total. The molecule has 1 aliphatic rings. The number of nitrogens with zero attached hydrogens (tertiary/aromatic N) is 4. The lowest BCUT2D eigenvalue weighted by Crippen LogP contribution is -2.29. The molecule has 1 aromatic carbocycles. The lowest BCUT2D eigenvalue weighted by molar-refractivity contribution is -0.117. The van der Waals surface area contributed by atoms with Gasteiger partial charge in [-0.05, 0) is 58.7 Å². The third-order valence-electron chi connectivity index (χ3n) is 5.11. The van der Waals surface area contributed by atoms with Crippen LogP contribution in [-0.2, 0) is 9.53 Å². The first-order valence-electron chi connectivity index (χ1n) is 10.6. The monoisotopic (exact) mass is 455 g/mol. The van der Waals surface area contributed by atoms with E-state index in [0.29, 0.717) is 16.8 Å². The van der Waals surface area contributed by atoms with Gasteiger partial charge in [-0.3, -0.25) is 4.79 Å². The molecule has 0 bridgehead atoms. The van der Waals surface area contributed by atoms with E-state index in [1.807, 2.05) is 12.1 Å². The molecule has 0 spiro atoms. The number of nitrogens with one attached hydrogen (secondary N) is 1. The maximum absolute atomic E-state index is 13.0. The van der Waals surface area contributed by atoms with Gasteiger partial charge in [0.15, 0.2) is 0 Å². The number of carbonyl (C=O) groups excluding carboxylic acids is 2. The SMILES string of the molecule is CC(C(=O)Nc1cc(C2CC2)nn1C(=O)OC(C)(C)C)c1cnn(-c2cccc(Cl)c2)c1. The van der Waals surface area contributed by atoms with Crippen molar-refractivity contribution in [3.63, 3.8) is 0 Å². The van der Waals surface area contributed by atoms with Gasteiger partial charge in [0.1, 0.15) is 11.4 Å². The molecule has 32 heavy (non-hydrogen) atoms. The molecule has 2 aromatic heterocycles. The average Bonchev–Trinajstić information content (AvgIpc) is 3.29. The summed E-state index contributed by atoms with van der Waals surface area (Å²) in [6.07, 6.45) is 4.86. The number of benzene rings is 1. The number of rotatable bonds is 5. The van der Waals surface area contributed by atoms with Gasteiger partial charge >= 0.3 is 6.09 Å². The largest absolute Gasteiger partial charge is 0.442 e. The Labute approximate surface area is 191 Å². The predicted molar refractivity (Wildman–Crippen MR) is 121 cm³/mol. The second-order valence-electron chi connectivity index (χ2n) is 9.03. The number of ether oxygens (including phenoxy) is 1. The van der Waals surface area contributed by atoms with Gasteiger partial charge in [0, 0.05) is 28.8 Å². The molecule has 0 saturated heterocycles. The summed E-state index contributed by atoms with van der Waals surface area (Å²) in [7, 11) is 0. The first-order valence-corrected chi connectivity index (χ1v) is 10.9. The molecule has 4 rings (SSSR count). The van der Waals surface area contributed by atoms with Crippen LogP contribution in [0.2, 0.25) is 5.02 Å². The third kappa shape index (κ3) is 5.02. The Balaban J connectivity index is 1.53. The Morgan fingerprint density at radius 2 is 2.00 bits per heavy atom. The van der Waals surface area contributed by atoms with E-state index < -0.39 is 17.6 Å². The number of carbonyl (C=O) groups is 2. The minimum atomic E-state index is -0.674. The number of hydrogen-bond acceptors (Lipinski definition) is 5. The zero-order valence-corrected chi connectivity index (χ0v) is 19.3. The highest BCUT2D eigenvalue weighted by atomic mass is 35.5. The Morgan fingerprint density at radius 3 is 2.66 bits per heavy atom. The molecule has 3 aromatic rings. The molecule has 1 atom stereocenters. The molecule has 1 aliphatic carbocycles. The predicted octanol–water partition coefficient (Wildman–Crippen LogP) is 5.13. The highest BCUT2D eigenvalue weighted by molar-refractivity contribution is 6.30. The minimum Gasteiger partial charge on any atom is -0.442 e. The Morgan fingerprint density at radius 1 is 1.25 bits per heavy atom. The van der Waals surface area contributed by atoms with Crippen LogP contribution in [0.5, 0.6) is 0 Å². The van der Waals surface area contributed by atoms with Gasteiger partial charge in [-0.25, -0.2) is 9.48 Å². The fourth-order valence-corrected chi connectivity index (χ4v) is 3.40. The highest BCUT2D eigenvalue weighted by Crippen LogP contribution is 2.40. The number of amides is 1. The Hall–Kier alpha value is -3.13. The maximum Gasteiger partial charge on any atom is 0.437 e. The van der Waals surface area contributed by atoms with Gasteiger partial charge in [-0.15, -0.1) is 4.68 Å². The Kier molecular flexibility index (Phi) is 5.81. The second-order valence-corrected chi connectivity index (χ2v) is 9.47. The molecule has 168 valence electrons. The second kappa shape index (κ2) is 8.43. The van der Waals surface area contributed by atoms with E-state index in [1.165, 1.54) is 0 Å². The van der Waals surface area contributed by atoms with Gasteiger partial charge in [0.25, 0.3) is 0 Å². The zero-order valence-electron chi connectivity index (χ0n) is 18.5.